The van der Waals surface area contributed by atoms with Gasteiger partial charge in [-0.3, -0.25) is 4.84 Å². The smallest absolute Gasteiger partial charge is 0.138 e. The second kappa shape index (κ2) is 3.68. The number of hydrogen-bond acceptors (Lipinski definition) is 5. The molecule has 5 nitrogen and oxygen atoms in total. The number of β-amino-alcohol motifs (C(OH)–C–C–N with tert-alkyl or cyclic N) is 1. The van der Waals surface area contributed by atoms with Crippen LogP contribution in [-0.4, -0.2) is 34.6 Å². The molecule has 78 valence electrons. The molecule has 2 rings (SSSR count). The Balaban J connectivity index is 2.04. The van der Waals surface area contributed by atoms with Crippen LogP contribution in [0.5, 0.6) is 0 Å². The van der Waals surface area contributed by atoms with Gasteiger partial charge in [0.25, 0.3) is 0 Å². The molecule has 2 heterocycles. The van der Waals surface area contributed by atoms with E-state index in [-0.39, 0.29) is 6.10 Å². The molecule has 0 unspecified atom stereocenters. The fourth-order valence-electron chi connectivity index (χ4n) is 1.55. The summed E-state index contributed by atoms with van der Waals surface area (Å²) in [6.07, 6.45) is -0.379. The lowest BCUT2D eigenvalue weighted by Gasteiger charge is -2.12. The summed E-state index contributed by atoms with van der Waals surface area (Å²) in [5, 5.41) is 14.9. The topological polar surface area (TPSA) is 58.7 Å². The largest absolute Gasteiger partial charge is 0.389 e. The van der Waals surface area contributed by atoms with E-state index in [1.165, 1.54) is 0 Å². The molecule has 0 bridgehead atoms. The van der Waals surface area contributed by atoms with E-state index in [4.69, 9.17) is 9.36 Å². The van der Waals surface area contributed by atoms with Crippen molar-refractivity contribution >= 4 is 0 Å². The second-order valence-corrected chi connectivity index (χ2v) is 3.57. The number of hydrogen-bond donors (Lipinski definition) is 1. The molecule has 0 aliphatic carbocycles. The van der Waals surface area contributed by atoms with Gasteiger partial charge in [-0.1, -0.05) is 5.16 Å². The lowest BCUT2D eigenvalue weighted by molar-refractivity contribution is -0.118. The lowest BCUT2D eigenvalue weighted by Crippen LogP contribution is -2.21. The highest BCUT2D eigenvalue weighted by Gasteiger charge is 2.23. The molecule has 0 aromatic carbocycles. The van der Waals surface area contributed by atoms with Crippen LogP contribution in [0.1, 0.15) is 17.0 Å². The number of rotatable bonds is 2. The highest BCUT2D eigenvalue weighted by Crippen LogP contribution is 2.17. The molecule has 1 aliphatic heterocycles. The average molecular weight is 198 g/mol. The Hall–Kier alpha value is -0.910. The van der Waals surface area contributed by atoms with Crippen molar-refractivity contribution in [3.63, 3.8) is 0 Å². The quantitative estimate of drug-likeness (QED) is 0.745. The summed E-state index contributed by atoms with van der Waals surface area (Å²) >= 11 is 0. The fraction of sp³-hybridized carbons (Fsp3) is 0.667. The maximum Gasteiger partial charge on any atom is 0.138 e. The normalized spacial score (nSPS) is 23.2. The summed E-state index contributed by atoms with van der Waals surface area (Å²) in [6, 6.07) is 0. The fourth-order valence-corrected chi connectivity index (χ4v) is 1.55. The summed E-state index contributed by atoms with van der Waals surface area (Å²) in [5.74, 6) is 0.812. The summed E-state index contributed by atoms with van der Waals surface area (Å²) in [4.78, 5) is 5.26. The van der Waals surface area contributed by atoms with Crippen LogP contribution in [0.15, 0.2) is 4.52 Å². The molecule has 1 aliphatic rings. The van der Waals surface area contributed by atoms with Crippen molar-refractivity contribution in [2.45, 2.75) is 26.5 Å². The van der Waals surface area contributed by atoms with Crippen LogP contribution < -0.4 is 0 Å². The van der Waals surface area contributed by atoms with Crippen LogP contribution in [0.25, 0.3) is 0 Å². The van der Waals surface area contributed by atoms with Crippen LogP contribution in [0.4, 0.5) is 0 Å². The molecule has 1 N–H and O–H groups in total. The average Bonchev–Trinajstić information content (AvgIpc) is 2.67. The third-order valence-corrected chi connectivity index (χ3v) is 2.38. The Kier molecular flexibility index (Phi) is 2.54. The minimum absolute atomic E-state index is 0.378. The molecule has 5 heteroatoms. The van der Waals surface area contributed by atoms with Gasteiger partial charge in [-0.05, 0) is 13.8 Å². The number of aryl methyl sites for hydroxylation is 2. The van der Waals surface area contributed by atoms with Gasteiger partial charge >= 0.3 is 0 Å². The third kappa shape index (κ3) is 1.79. The van der Waals surface area contributed by atoms with E-state index in [1.54, 1.807) is 5.06 Å². The van der Waals surface area contributed by atoms with E-state index in [1.807, 2.05) is 13.8 Å². The zero-order valence-electron chi connectivity index (χ0n) is 8.36. The van der Waals surface area contributed by atoms with Crippen LogP contribution in [0.2, 0.25) is 0 Å². The standard InChI is InChI=1S/C9H14N2O3/c1-6-9(7(2)14-10-6)4-11-3-8(12)5-13-11/h8,12H,3-5H2,1-2H3/t8-/m0/s1. The summed E-state index contributed by atoms with van der Waals surface area (Å²) < 4.78 is 5.04. The monoisotopic (exact) mass is 198 g/mol. The van der Waals surface area contributed by atoms with Gasteiger partial charge in [-0.2, -0.15) is 5.06 Å². The third-order valence-electron chi connectivity index (χ3n) is 2.38. The molecule has 1 saturated heterocycles. The van der Waals surface area contributed by atoms with Crippen LogP contribution in [-0.2, 0) is 11.4 Å². The number of aliphatic hydroxyl groups excluding tert-OH is 1. The molecular weight excluding hydrogens is 184 g/mol. The first-order chi connectivity index (χ1) is 6.66. The summed E-state index contributed by atoms with van der Waals surface area (Å²) in [5.41, 5.74) is 1.92. The number of nitrogens with zero attached hydrogens (tertiary/aromatic N) is 2. The highest BCUT2D eigenvalue weighted by molar-refractivity contribution is 5.20. The number of hydroxylamine groups is 2. The molecule has 0 spiro atoms. The minimum atomic E-state index is -0.379. The van der Waals surface area contributed by atoms with Crippen molar-refractivity contribution < 1.29 is 14.5 Å². The van der Waals surface area contributed by atoms with Crippen molar-refractivity contribution in [3.05, 3.63) is 17.0 Å². The van der Waals surface area contributed by atoms with Crippen molar-refractivity contribution in [2.24, 2.45) is 0 Å². The molecular formula is C9H14N2O3. The minimum Gasteiger partial charge on any atom is -0.389 e. The van der Waals surface area contributed by atoms with E-state index >= 15 is 0 Å². The summed E-state index contributed by atoms with van der Waals surface area (Å²) in [7, 11) is 0. The first kappa shape index (κ1) is 9.64. The molecule has 0 amide bonds. The van der Waals surface area contributed by atoms with E-state index in [0.717, 1.165) is 17.0 Å². The molecule has 1 fully saturated rings. The molecule has 14 heavy (non-hydrogen) atoms. The van der Waals surface area contributed by atoms with Gasteiger partial charge in [0.2, 0.25) is 0 Å². The van der Waals surface area contributed by atoms with E-state index in [9.17, 15) is 5.11 Å². The van der Waals surface area contributed by atoms with Gasteiger partial charge in [0.05, 0.1) is 31.5 Å². The molecule has 0 saturated carbocycles. The Bertz CT molecular complexity index is 304. The molecule has 1 aromatic rings. The highest BCUT2D eigenvalue weighted by atomic mass is 16.7. The van der Waals surface area contributed by atoms with Crippen LogP contribution in [0.3, 0.4) is 0 Å². The Labute approximate surface area is 82.2 Å². The zero-order valence-corrected chi connectivity index (χ0v) is 8.36. The van der Waals surface area contributed by atoms with E-state index in [2.05, 4.69) is 5.16 Å². The maximum absolute atomic E-state index is 9.26. The van der Waals surface area contributed by atoms with Crippen molar-refractivity contribution in [1.82, 2.24) is 10.2 Å². The first-order valence-corrected chi connectivity index (χ1v) is 4.64. The van der Waals surface area contributed by atoms with Crippen molar-refractivity contribution in [1.29, 1.82) is 0 Å². The summed E-state index contributed by atoms with van der Waals surface area (Å²) in [6.45, 7) is 5.33. The van der Waals surface area contributed by atoms with E-state index < -0.39 is 0 Å². The van der Waals surface area contributed by atoms with Crippen LogP contribution in [0, 0.1) is 13.8 Å². The second-order valence-electron chi connectivity index (χ2n) is 3.57. The molecule has 1 atom stereocenters. The van der Waals surface area contributed by atoms with Crippen LogP contribution >= 0.6 is 0 Å². The van der Waals surface area contributed by atoms with Crippen molar-refractivity contribution in [3.8, 4) is 0 Å². The van der Waals surface area contributed by atoms with Gasteiger partial charge in [0.1, 0.15) is 5.76 Å². The SMILES string of the molecule is Cc1noc(C)c1CN1C[C@H](O)CO1. The Morgan fingerprint density at radius 2 is 2.36 bits per heavy atom. The number of aliphatic hydroxyl groups is 1. The number of aromatic nitrogens is 1. The van der Waals surface area contributed by atoms with E-state index in [0.29, 0.717) is 19.7 Å². The lowest BCUT2D eigenvalue weighted by atomic mass is 10.2. The van der Waals surface area contributed by atoms with Gasteiger partial charge in [0, 0.05) is 5.56 Å². The predicted octanol–water partition coefficient (Wildman–Crippen LogP) is 0.400. The Morgan fingerprint density at radius 3 is 2.86 bits per heavy atom. The molecule has 1 aromatic heterocycles. The van der Waals surface area contributed by atoms with Gasteiger partial charge in [0.15, 0.2) is 0 Å². The Morgan fingerprint density at radius 1 is 1.57 bits per heavy atom. The predicted molar refractivity (Wildman–Crippen MR) is 48.3 cm³/mol. The maximum atomic E-state index is 9.26. The van der Waals surface area contributed by atoms with Gasteiger partial charge in [-0.15, -0.1) is 0 Å². The molecule has 0 radical (unpaired) electrons. The van der Waals surface area contributed by atoms with Gasteiger partial charge in [-0.25, -0.2) is 0 Å². The first-order valence-electron chi connectivity index (χ1n) is 4.64. The van der Waals surface area contributed by atoms with Gasteiger partial charge < -0.3 is 9.63 Å². The van der Waals surface area contributed by atoms with Crippen molar-refractivity contribution in [2.75, 3.05) is 13.2 Å². The zero-order chi connectivity index (χ0) is 10.1.